The van der Waals surface area contributed by atoms with Crippen LogP contribution in [-0.4, -0.2) is 19.7 Å². The quantitative estimate of drug-likeness (QED) is 0.794. The lowest BCUT2D eigenvalue weighted by Crippen LogP contribution is -2.28. The topological polar surface area (TPSA) is 21.3 Å². The lowest BCUT2D eigenvalue weighted by molar-refractivity contribution is 0.408. The molecule has 0 heterocycles. The second-order valence-electron chi connectivity index (χ2n) is 5.44. The number of hydrogen-bond donors (Lipinski definition) is 1. The molecule has 0 aliphatic rings. The van der Waals surface area contributed by atoms with Gasteiger partial charge in [0.1, 0.15) is 5.75 Å². The molecule has 0 unspecified atom stereocenters. The number of rotatable bonds is 8. The lowest BCUT2D eigenvalue weighted by atomic mass is 10.1. The van der Waals surface area contributed by atoms with Gasteiger partial charge in [0, 0.05) is 6.04 Å². The fourth-order valence-corrected chi connectivity index (χ4v) is 2.49. The second kappa shape index (κ2) is 8.48. The average Bonchev–Trinajstić information content (AvgIpc) is 2.54. The molecule has 0 aliphatic heterocycles. The molecule has 0 amide bonds. The Kier molecular flexibility index (Phi) is 6.29. The molecule has 2 aromatic rings. The van der Waals surface area contributed by atoms with Crippen LogP contribution >= 0.6 is 0 Å². The van der Waals surface area contributed by atoms with E-state index in [9.17, 15) is 0 Å². The maximum Gasteiger partial charge on any atom is 0.122 e. The highest BCUT2D eigenvalue weighted by atomic mass is 16.5. The summed E-state index contributed by atoms with van der Waals surface area (Å²) < 4.78 is 5.38. The molecular formula is C19H25NO. The Labute approximate surface area is 128 Å². The normalized spacial score (nSPS) is 12.1. The van der Waals surface area contributed by atoms with Gasteiger partial charge in [-0.15, -0.1) is 0 Å². The molecule has 1 atom stereocenters. The number of aryl methyl sites for hydroxylation is 1. The first kappa shape index (κ1) is 15.6. The van der Waals surface area contributed by atoms with Crippen LogP contribution in [0.4, 0.5) is 0 Å². The average molecular weight is 283 g/mol. The van der Waals surface area contributed by atoms with Crippen molar-refractivity contribution in [3.63, 3.8) is 0 Å². The van der Waals surface area contributed by atoms with Crippen LogP contribution in [0.2, 0.25) is 0 Å². The Hall–Kier alpha value is -1.80. The summed E-state index contributed by atoms with van der Waals surface area (Å²) >= 11 is 0. The Balaban J connectivity index is 1.70. The van der Waals surface area contributed by atoms with E-state index < -0.39 is 0 Å². The summed E-state index contributed by atoms with van der Waals surface area (Å²) in [6.45, 7) is 3.24. The van der Waals surface area contributed by atoms with Crippen LogP contribution in [0.3, 0.4) is 0 Å². The zero-order chi connectivity index (χ0) is 14.9. The van der Waals surface area contributed by atoms with Gasteiger partial charge in [0.05, 0.1) is 7.11 Å². The summed E-state index contributed by atoms with van der Waals surface area (Å²) in [6.07, 6.45) is 3.29. The Morgan fingerprint density at radius 1 is 0.952 bits per heavy atom. The van der Waals surface area contributed by atoms with Crippen LogP contribution in [0, 0.1) is 0 Å². The van der Waals surface area contributed by atoms with Gasteiger partial charge in [0.15, 0.2) is 0 Å². The van der Waals surface area contributed by atoms with Crippen LogP contribution in [0.25, 0.3) is 0 Å². The Morgan fingerprint density at radius 3 is 2.43 bits per heavy atom. The zero-order valence-corrected chi connectivity index (χ0v) is 13.0. The molecule has 1 N–H and O–H groups in total. The van der Waals surface area contributed by atoms with Crippen molar-refractivity contribution < 1.29 is 4.74 Å². The molecule has 2 aromatic carbocycles. The number of hydrogen-bond acceptors (Lipinski definition) is 2. The third-order valence-corrected chi connectivity index (χ3v) is 3.79. The first-order valence-electron chi connectivity index (χ1n) is 7.69. The molecule has 0 fully saturated rings. The van der Waals surface area contributed by atoms with E-state index in [1.165, 1.54) is 11.1 Å². The number of para-hydroxylation sites is 1. The minimum absolute atomic E-state index is 0.528. The van der Waals surface area contributed by atoms with E-state index in [4.69, 9.17) is 4.74 Å². The smallest absolute Gasteiger partial charge is 0.122 e. The van der Waals surface area contributed by atoms with Crippen LogP contribution in [0.1, 0.15) is 24.5 Å². The van der Waals surface area contributed by atoms with Crippen molar-refractivity contribution in [3.05, 3.63) is 65.7 Å². The highest BCUT2D eigenvalue weighted by molar-refractivity contribution is 5.33. The molecule has 21 heavy (non-hydrogen) atoms. The Morgan fingerprint density at radius 2 is 1.67 bits per heavy atom. The van der Waals surface area contributed by atoms with Crippen LogP contribution in [0.5, 0.6) is 5.75 Å². The molecular weight excluding hydrogens is 258 g/mol. The van der Waals surface area contributed by atoms with Crippen molar-refractivity contribution in [2.45, 2.75) is 32.2 Å². The molecule has 2 rings (SSSR count). The minimum atomic E-state index is 0.528. The van der Waals surface area contributed by atoms with Gasteiger partial charge in [-0.05, 0) is 49.9 Å². The molecule has 0 aromatic heterocycles. The van der Waals surface area contributed by atoms with Crippen molar-refractivity contribution in [2.24, 2.45) is 0 Å². The largest absolute Gasteiger partial charge is 0.496 e. The highest BCUT2D eigenvalue weighted by Crippen LogP contribution is 2.17. The molecule has 0 saturated heterocycles. The van der Waals surface area contributed by atoms with Crippen LogP contribution in [-0.2, 0) is 12.8 Å². The van der Waals surface area contributed by atoms with Gasteiger partial charge < -0.3 is 10.1 Å². The second-order valence-corrected chi connectivity index (χ2v) is 5.44. The van der Waals surface area contributed by atoms with E-state index in [1.807, 2.05) is 12.1 Å². The van der Waals surface area contributed by atoms with Gasteiger partial charge >= 0.3 is 0 Å². The molecule has 2 nitrogen and oxygen atoms in total. The fourth-order valence-electron chi connectivity index (χ4n) is 2.49. The number of benzene rings is 2. The third-order valence-electron chi connectivity index (χ3n) is 3.79. The van der Waals surface area contributed by atoms with Crippen molar-refractivity contribution in [1.29, 1.82) is 0 Å². The number of ether oxygens (including phenoxy) is 1. The first-order chi connectivity index (χ1) is 10.3. The predicted molar refractivity (Wildman–Crippen MR) is 88.9 cm³/mol. The molecule has 112 valence electrons. The summed E-state index contributed by atoms with van der Waals surface area (Å²) in [4.78, 5) is 0. The molecule has 2 heteroatoms. The van der Waals surface area contributed by atoms with Gasteiger partial charge in [-0.25, -0.2) is 0 Å². The van der Waals surface area contributed by atoms with Gasteiger partial charge in [-0.2, -0.15) is 0 Å². The molecule has 0 bridgehead atoms. The monoisotopic (exact) mass is 283 g/mol. The van der Waals surface area contributed by atoms with E-state index in [0.29, 0.717) is 6.04 Å². The standard InChI is InChI=1S/C19H25NO/c1-16(12-13-17-8-4-3-5-9-17)20-15-14-18-10-6-7-11-19(18)21-2/h3-11,16,20H,12-15H2,1-2H3/t16-/m1/s1. The number of methoxy groups -OCH3 is 1. The molecule has 0 radical (unpaired) electrons. The van der Waals surface area contributed by atoms with Gasteiger partial charge in [0.2, 0.25) is 0 Å². The summed E-state index contributed by atoms with van der Waals surface area (Å²) in [7, 11) is 1.73. The first-order valence-corrected chi connectivity index (χ1v) is 7.69. The minimum Gasteiger partial charge on any atom is -0.496 e. The summed E-state index contributed by atoms with van der Waals surface area (Å²) in [5.74, 6) is 0.983. The van der Waals surface area contributed by atoms with Crippen molar-refractivity contribution in [1.82, 2.24) is 5.32 Å². The number of nitrogens with one attached hydrogen (secondary N) is 1. The van der Waals surface area contributed by atoms with E-state index in [1.54, 1.807) is 7.11 Å². The van der Waals surface area contributed by atoms with Gasteiger partial charge in [-0.1, -0.05) is 48.5 Å². The highest BCUT2D eigenvalue weighted by Gasteiger charge is 2.04. The van der Waals surface area contributed by atoms with E-state index >= 15 is 0 Å². The third kappa shape index (κ3) is 5.24. The van der Waals surface area contributed by atoms with Crippen molar-refractivity contribution in [2.75, 3.05) is 13.7 Å². The maximum absolute atomic E-state index is 5.38. The fraction of sp³-hybridized carbons (Fsp3) is 0.368. The van der Waals surface area contributed by atoms with Gasteiger partial charge in [0.25, 0.3) is 0 Å². The molecule has 0 spiro atoms. The maximum atomic E-state index is 5.38. The Bertz CT molecular complexity index is 524. The zero-order valence-electron chi connectivity index (χ0n) is 13.0. The van der Waals surface area contributed by atoms with E-state index in [0.717, 1.165) is 31.6 Å². The van der Waals surface area contributed by atoms with E-state index in [2.05, 4.69) is 54.7 Å². The van der Waals surface area contributed by atoms with Crippen molar-refractivity contribution >= 4 is 0 Å². The van der Waals surface area contributed by atoms with Crippen LogP contribution < -0.4 is 10.1 Å². The summed E-state index contributed by atoms with van der Waals surface area (Å²) in [5.41, 5.74) is 2.68. The summed E-state index contributed by atoms with van der Waals surface area (Å²) in [6, 6.07) is 19.4. The lowest BCUT2D eigenvalue weighted by Gasteiger charge is -2.14. The van der Waals surface area contributed by atoms with Crippen LogP contribution in [0.15, 0.2) is 54.6 Å². The predicted octanol–water partition coefficient (Wildman–Crippen LogP) is 3.85. The molecule has 0 saturated carbocycles. The summed E-state index contributed by atoms with van der Waals surface area (Å²) in [5, 5.41) is 3.60. The van der Waals surface area contributed by atoms with E-state index in [-0.39, 0.29) is 0 Å². The SMILES string of the molecule is COc1ccccc1CCN[C@H](C)CCc1ccccc1. The molecule has 0 aliphatic carbocycles. The van der Waals surface area contributed by atoms with Crippen molar-refractivity contribution in [3.8, 4) is 5.75 Å². The van der Waals surface area contributed by atoms with Gasteiger partial charge in [-0.3, -0.25) is 0 Å².